The Kier molecular flexibility index (Phi) is 5.08. The average Bonchev–Trinajstić information content (AvgIpc) is 2.28. The predicted octanol–water partition coefficient (Wildman–Crippen LogP) is 1.07. The lowest BCUT2D eigenvalue weighted by atomic mass is 9.80. The molecule has 1 amide bonds. The third-order valence-corrected chi connectivity index (χ3v) is 3.32. The summed E-state index contributed by atoms with van der Waals surface area (Å²) in [5, 5.41) is 13.9. The number of rotatable bonds is 4. The zero-order valence-electron chi connectivity index (χ0n) is 9.78. The van der Waals surface area contributed by atoms with Gasteiger partial charge in [0.25, 0.3) is 0 Å². The van der Waals surface area contributed by atoms with Gasteiger partial charge in [-0.2, -0.15) is 0 Å². The highest BCUT2D eigenvalue weighted by atomic mass is 16.4. The van der Waals surface area contributed by atoms with E-state index in [-0.39, 0.29) is 18.2 Å². The van der Waals surface area contributed by atoms with Crippen LogP contribution < -0.4 is 11.1 Å². The SMILES string of the molecule is CC1CCCCC1CNC(=O)CC(N)=NO. The summed E-state index contributed by atoms with van der Waals surface area (Å²) in [6.45, 7) is 2.94. The predicted molar refractivity (Wildman–Crippen MR) is 62.2 cm³/mol. The lowest BCUT2D eigenvalue weighted by molar-refractivity contribution is -0.120. The maximum absolute atomic E-state index is 11.4. The number of carbonyl (C=O) groups is 1. The Labute approximate surface area is 96.1 Å². The van der Waals surface area contributed by atoms with Crippen LogP contribution in [-0.2, 0) is 4.79 Å². The number of nitrogens with two attached hydrogens (primary N) is 1. The van der Waals surface area contributed by atoms with E-state index in [1.165, 1.54) is 25.7 Å². The molecule has 4 N–H and O–H groups in total. The second-order valence-corrected chi connectivity index (χ2v) is 4.59. The number of hydrogen-bond donors (Lipinski definition) is 3. The molecule has 2 unspecified atom stereocenters. The third-order valence-electron chi connectivity index (χ3n) is 3.32. The first-order chi connectivity index (χ1) is 7.63. The fraction of sp³-hybridized carbons (Fsp3) is 0.818. The van der Waals surface area contributed by atoms with Crippen molar-refractivity contribution in [1.29, 1.82) is 0 Å². The molecule has 0 spiro atoms. The van der Waals surface area contributed by atoms with Crippen LogP contribution in [0.4, 0.5) is 0 Å². The quantitative estimate of drug-likeness (QED) is 0.290. The monoisotopic (exact) mass is 227 g/mol. The van der Waals surface area contributed by atoms with E-state index in [0.717, 1.165) is 0 Å². The van der Waals surface area contributed by atoms with Crippen LogP contribution in [0.1, 0.15) is 39.0 Å². The standard InChI is InChI=1S/C11H21N3O2/c1-8-4-2-3-5-9(8)7-13-11(15)6-10(12)14-16/h8-9,16H,2-7H2,1H3,(H2,12,14)(H,13,15). The van der Waals surface area contributed by atoms with Gasteiger partial charge in [-0.3, -0.25) is 4.79 Å². The first kappa shape index (κ1) is 12.8. The van der Waals surface area contributed by atoms with Crippen LogP contribution in [-0.4, -0.2) is 23.5 Å². The molecule has 92 valence electrons. The maximum Gasteiger partial charge on any atom is 0.227 e. The highest BCUT2D eigenvalue weighted by Gasteiger charge is 2.21. The van der Waals surface area contributed by atoms with Gasteiger partial charge < -0.3 is 16.3 Å². The Hall–Kier alpha value is -1.26. The van der Waals surface area contributed by atoms with E-state index in [4.69, 9.17) is 10.9 Å². The molecule has 0 saturated heterocycles. The molecule has 1 fully saturated rings. The number of oxime groups is 1. The van der Waals surface area contributed by atoms with Crippen LogP contribution in [0.5, 0.6) is 0 Å². The molecule has 0 aromatic rings. The van der Waals surface area contributed by atoms with Crippen molar-refractivity contribution in [3.63, 3.8) is 0 Å². The Balaban J connectivity index is 2.25. The number of amides is 1. The zero-order chi connectivity index (χ0) is 12.0. The van der Waals surface area contributed by atoms with E-state index in [9.17, 15) is 4.79 Å². The smallest absolute Gasteiger partial charge is 0.227 e. The minimum atomic E-state index is -0.173. The van der Waals surface area contributed by atoms with Crippen molar-refractivity contribution >= 4 is 11.7 Å². The van der Waals surface area contributed by atoms with Crippen molar-refractivity contribution < 1.29 is 10.0 Å². The first-order valence-electron chi connectivity index (χ1n) is 5.86. The van der Waals surface area contributed by atoms with Gasteiger partial charge in [0.15, 0.2) is 0 Å². The second-order valence-electron chi connectivity index (χ2n) is 4.59. The van der Waals surface area contributed by atoms with Crippen molar-refractivity contribution in [2.75, 3.05) is 6.54 Å². The molecular formula is C11H21N3O2. The molecular weight excluding hydrogens is 206 g/mol. The van der Waals surface area contributed by atoms with Crippen LogP contribution in [0, 0.1) is 11.8 Å². The van der Waals surface area contributed by atoms with Crippen LogP contribution in [0.25, 0.3) is 0 Å². The molecule has 5 nitrogen and oxygen atoms in total. The molecule has 5 heteroatoms. The second kappa shape index (κ2) is 6.35. The summed E-state index contributed by atoms with van der Waals surface area (Å²) < 4.78 is 0. The highest BCUT2D eigenvalue weighted by Crippen LogP contribution is 2.28. The Morgan fingerprint density at radius 1 is 1.50 bits per heavy atom. The van der Waals surface area contributed by atoms with E-state index >= 15 is 0 Å². The summed E-state index contributed by atoms with van der Waals surface area (Å²) in [6.07, 6.45) is 4.96. The fourth-order valence-electron chi connectivity index (χ4n) is 2.20. The van der Waals surface area contributed by atoms with Gasteiger partial charge in [-0.25, -0.2) is 0 Å². The minimum absolute atomic E-state index is 0.0302. The molecule has 0 radical (unpaired) electrons. The van der Waals surface area contributed by atoms with E-state index in [0.29, 0.717) is 18.4 Å². The van der Waals surface area contributed by atoms with Crippen molar-refractivity contribution in [1.82, 2.24) is 5.32 Å². The first-order valence-corrected chi connectivity index (χ1v) is 5.86. The summed E-state index contributed by atoms with van der Waals surface area (Å²) in [5.41, 5.74) is 5.25. The van der Waals surface area contributed by atoms with Gasteiger partial charge in [0.1, 0.15) is 5.84 Å². The largest absolute Gasteiger partial charge is 0.409 e. The minimum Gasteiger partial charge on any atom is -0.409 e. The third kappa shape index (κ3) is 4.08. The fourth-order valence-corrected chi connectivity index (χ4v) is 2.20. The van der Waals surface area contributed by atoms with Crippen LogP contribution in [0.15, 0.2) is 5.16 Å². The van der Waals surface area contributed by atoms with Crippen LogP contribution in [0.3, 0.4) is 0 Å². The zero-order valence-corrected chi connectivity index (χ0v) is 9.78. The van der Waals surface area contributed by atoms with Gasteiger partial charge in [0.2, 0.25) is 5.91 Å². The molecule has 16 heavy (non-hydrogen) atoms. The van der Waals surface area contributed by atoms with Gasteiger partial charge in [-0.05, 0) is 18.3 Å². The number of nitrogens with zero attached hydrogens (tertiary/aromatic N) is 1. The lowest BCUT2D eigenvalue weighted by Gasteiger charge is -2.28. The van der Waals surface area contributed by atoms with Crippen molar-refractivity contribution in [2.45, 2.75) is 39.0 Å². The topological polar surface area (TPSA) is 87.7 Å². The molecule has 0 aliphatic heterocycles. The van der Waals surface area contributed by atoms with Crippen LogP contribution >= 0.6 is 0 Å². The molecule has 1 aliphatic rings. The Bertz CT molecular complexity index is 266. The summed E-state index contributed by atoms with van der Waals surface area (Å²) in [7, 11) is 0. The molecule has 0 bridgehead atoms. The van der Waals surface area contributed by atoms with Gasteiger partial charge in [0, 0.05) is 6.54 Å². The van der Waals surface area contributed by atoms with Gasteiger partial charge >= 0.3 is 0 Å². The van der Waals surface area contributed by atoms with E-state index in [2.05, 4.69) is 17.4 Å². The summed E-state index contributed by atoms with van der Waals surface area (Å²) in [4.78, 5) is 11.4. The van der Waals surface area contributed by atoms with Crippen molar-refractivity contribution in [3.8, 4) is 0 Å². The van der Waals surface area contributed by atoms with Gasteiger partial charge in [-0.15, -0.1) is 0 Å². The summed E-state index contributed by atoms with van der Waals surface area (Å²) in [5.74, 6) is 1.03. The molecule has 1 rings (SSSR count). The van der Waals surface area contributed by atoms with Crippen molar-refractivity contribution in [2.24, 2.45) is 22.7 Å². The molecule has 0 aromatic carbocycles. The van der Waals surface area contributed by atoms with Crippen LogP contribution in [0.2, 0.25) is 0 Å². The molecule has 2 atom stereocenters. The molecule has 0 aromatic heterocycles. The number of hydrogen-bond acceptors (Lipinski definition) is 3. The normalized spacial score (nSPS) is 26.4. The van der Waals surface area contributed by atoms with E-state index in [1.54, 1.807) is 0 Å². The molecule has 0 heterocycles. The maximum atomic E-state index is 11.4. The highest BCUT2D eigenvalue weighted by molar-refractivity contribution is 5.98. The number of nitrogens with one attached hydrogen (secondary N) is 1. The molecule has 1 aliphatic carbocycles. The lowest BCUT2D eigenvalue weighted by Crippen LogP contribution is -2.35. The Morgan fingerprint density at radius 2 is 2.19 bits per heavy atom. The van der Waals surface area contributed by atoms with E-state index in [1.807, 2.05) is 0 Å². The average molecular weight is 227 g/mol. The van der Waals surface area contributed by atoms with Crippen molar-refractivity contribution in [3.05, 3.63) is 0 Å². The van der Waals surface area contributed by atoms with Gasteiger partial charge in [-0.1, -0.05) is 31.3 Å². The van der Waals surface area contributed by atoms with Gasteiger partial charge in [0.05, 0.1) is 6.42 Å². The summed E-state index contributed by atoms with van der Waals surface area (Å²) >= 11 is 0. The number of amidine groups is 1. The molecule has 1 saturated carbocycles. The number of carbonyl (C=O) groups excluding carboxylic acids is 1. The summed E-state index contributed by atoms with van der Waals surface area (Å²) in [6, 6.07) is 0. The Morgan fingerprint density at radius 3 is 2.81 bits per heavy atom. The van der Waals surface area contributed by atoms with E-state index < -0.39 is 0 Å².